The molecule has 4 aromatic rings. The molecule has 0 amide bonds. The summed E-state index contributed by atoms with van der Waals surface area (Å²) in [6, 6.07) is 12.3. The van der Waals surface area contributed by atoms with Gasteiger partial charge >= 0.3 is 0 Å². The van der Waals surface area contributed by atoms with Crippen molar-refractivity contribution in [2.24, 2.45) is 0 Å². The maximum absolute atomic E-state index is 5.23. The van der Waals surface area contributed by atoms with E-state index in [1.807, 2.05) is 24.3 Å². The number of fused-ring (bicyclic) bond motifs is 2. The molecule has 0 fully saturated rings. The Morgan fingerprint density at radius 3 is 2.53 bits per heavy atom. The summed E-state index contributed by atoms with van der Waals surface area (Å²) in [6.07, 6.45) is 3.41. The lowest BCUT2D eigenvalue weighted by molar-refractivity contribution is 0.194. The number of aryl methyl sites for hydroxylation is 1. The Bertz CT molecular complexity index is 1150. The molecular formula is C23H27N5O2. The molecule has 7 heteroatoms. The number of imidazole rings is 1. The highest BCUT2D eigenvalue weighted by Gasteiger charge is 2.16. The van der Waals surface area contributed by atoms with E-state index in [9.17, 15) is 0 Å². The van der Waals surface area contributed by atoms with E-state index in [0.29, 0.717) is 6.04 Å². The Morgan fingerprint density at radius 1 is 1.03 bits per heavy atom. The smallest absolute Gasteiger partial charge is 0.141 e. The zero-order valence-corrected chi connectivity index (χ0v) is 17.8. The van der Waals surface area contributed by atoms with Crippen LogP contribution in [0.3, 0.4) is 0 Å². The second-order valence-electron chi connectivity index (χ2n) is 7.52. The van der Waals surface area contributed by atoms with Gasteiger partial charge in [0.25, 0.3) is 0 Å². The number of aromatic nitrogens is 4. The third-order valence-electron chi connectivity index (χ3n) is 5.14. The molecule has 1 N–H and O–H groups in total. The van der Waals surface area contributed by atoms with Gasteiger partial charge in [-0.2, -0.15) is 0 Å². The number of anilines is 2. The van der Waals surface area contributed by atoms with Crippen molar-refractivity contribution in [3.8, 4) is 5.75 Å². The van der Waals surface area contributed by atoms with Gasteiger partial charge in [-0.1, -0.05) is 0 Å². The van der Waals surface area contributed by atoms with E-state index in [0.717, 1.165) is 64.5 Å². The molecule has 0 radical (unpaired) electrons. The first-order chi connectivity index (χ1) is 14.6. The van der Waals surface area contributed by atoms with Crippen LogP contribution in [0.25, 0.3) is 21.9 Å². The quantitative estimate of drug-likeness (QED) is 0.421. The molecule has 0 atom stereocenters. The van der Waals surface area contributed by atoms with Crippen LogP contribution in [-0.2, 0) is 11.2 Å². The zero-order valence-electron chi connectivity index (χ0n) is 17.8. The van der Waals surface area contributed by atoms with Crippen molar-refractivity contribution in [2.45, 2.75) is 32.7 Å². The molecule has 0 aliphatic rings. The van der Waals surface area contributed by atoms with Crippen LogP contribution in [0.5, 0.6) is 5.75 Å². The van der Waals surface area contributed by atoms with Gasteiger partial charge in [0.05, 0.1) is 23.7 Å². The highest BCUT2D eigenvalue weighted by molar-refractivity contribution is 5.99. The maximum atomic E-state index is 5.23. The molecule has 4 rings (SSSR count). The van der Waals surface area contributed by atoms with Gasteiger partial charge in [0.15, 0.2) is 0 Å². The highest BCUT2D eigenvalue weighted by atomic mass is 16.5. The molecule has 2 aromatic heterocycles. The Hall–Kier alpha value is -3.19. The number of benzene rings is 2. The maximum Gasteiger partial charge on any atom is 0.141 e. The molecule has 0 unspecified atom stereocenters. The van der Waals surface area contributed by atoms with Crippen molar-refractivity contribution in [1.29, 1.82) is 0 Å². The molecule has 2 aromatic carbocycles. The largest absolute Gasteiger partial charge is 0.497 e. The fourth-order valence-electron chi connectivity index (χ4n) is 3.73. The minimum atomic E-state index is 0.309. The predicted octanol–water partition coefficient (Wildman–Crippen LogP) is 4.89. The van der Waals surface area contributed by atoms with E-state index in [1.54, 1.807) is 20.5 Å². The Kier molecular flexibility index (Phi) is 5.81. The minimum Gasteiger partial charge on any atom is -0.497 e. The van der Waals surface area contributed by atoms with Gasteiger partial charge in [-0.3, -0.25) is 0 Å². The summed E-state index contributed by atoms with van der Waals surface area (Å²) >= 11 is 0. The Labute approximate surface area is 176 Å². The molecule has 7 nitrogen and oxygen atoms in total. The van der Waals surface area contributed by atoms with Crippen LogP contribution in [0.1, 0.15) is 32.1 Å². The van der Waals surface area contributed by atoms with Crippen molar-refractivity contribution < 1.29 is 9.47 Å². The van der Waals surface area contributed by atoms with Crippen LogP contribution in [0.4, 0.5) is 11.5 Å². The van der Waals surface area contributed by atoms with E-state index in [1.165, 1.54) is 0 Å². The number of methoxy groups -OCH3 is 2. The average Bonchev–Trinajstić information content (AvgIpc) is 3.10. The van der Waals surface area contributed by atoms with Crippen LogP contribution < -0.4 is 10.1 Å². The zero-order chi connectivity index (χ0) is 21.1. The second-order valence-corrected chi connectivity index (χ2v) is 7.52. The van der Waals surface area contributed by atoms with Crippen LogP contribution in [0.15, 0.2) is 42.7 Å². The number of hydrogen-bond acceptors (Lipinski definition) is 6. The van der Waals surface area contributed by atoms with Gasteiger partial charge in [-0.25, -0.2) is 15.0 Å². The molecule has 0 bridgehead atoms. The first kappa shape index (κ1) is 20.1. The summed E-state index contributed by atoms with van der Waals surface area (Å²) in [6.45, 7) is 5.09. The summed E-state index contributed by atoms with van der Waals surface area (Å²) in [4.78, 5) is 13.9. The Morgan fingerprint density at radius 2 is 1.83 bits per heavy atom. The van der Waals surface area contributed by atoms with E-state index < -0.39 is 0 Å². The lowest BCUT2D eigenvalue weighted by Crippen LogP contribution is -2.07. The Balaban J connectivity index is 1.76. The lowest BCUT2D eigenvalue weighted by atomic mass is 10.2. The highest BCUT2D eigenvalue weighted by Crippen LogP contribution is 2.30. The molecule has 0 saturated heterocycles. The van der Waals surface area contributed by atoms with Crippen LogP contribution in [0.2, 0.25) is 0 Å². The third-order valence-corrected chi connectivity index (χ3v) is 5.14. The number of rotatable bonds is 8. The normalized spacial score (nSPS) is 11.5. The van der Waals surface area contributed by atoms with Crippen LogP contribution in [0, 0.1) is 0 Å². The van der Waals surface area contributed by atoms with E-state index >= 15 is 0 Å². The molecule has 0 aliphatic carbocycles. The average molecular weight is 406 g/mol. The number of nitrogens with zero attached hydrogens (tertiary/aromatic N) is 4. The summed E-state index contributed by atoms with van der Waals surface area (Å²) in [5.41, 5.74) is 3.87. The molecular weight excluding hydrogens is 378 g/mol. The van der Waals surface area contributed by atoms with Crippen LogP contribution in [-0.4, -0.2) is 40.3 Å². The first-order valence-corrected chi connectivity index (χ1v) is 10.2. The van der Waals surface area contributed by atoms with E-state index in [2.05, 4.69) is 45.8 Å². The SMILES string of the molecule is COCCCc1nc2cc3c(Nc4ccc(OC)cc4)ncnc3cc2n1C(C)C. The predicted molar refractivity (Wildman–Crippen MR) is 120 cm³/mol. The van der Waals surface area contributed by atoms with Gasteiger partial charge < -0.3 is 19.4 Å². The van der Waals surface area contributed by atoms with Crippen molar-refractivity contribution in [3.63, 3.8) is 0 Å². The van der Waals surface area contributed by atoms with Gasteiger partial charge in [0, 0.05) is 37.3 Å². The van der Waals surface area contributed by atoms with E-state index in [4.69, 9.17) is 14.5 Å². The lowest BCUT2D eigenvalue weighted by Gasteiger charge is -2.13. The van der Waals surface area contributed by atoms with Gasteiger partial charge in [-0.05, 0) is 56.7 Å². The van der Waals surface area contributed by atoms with Crippen molar-refractivity contribution in [3.05, 3.63) is 48.5 Å². The number of hydrogen-bond donors (Lipinski definition) is 1. The van der Waals surface area contributed by atoms with Gasteiger partial charge in [0.1, 0.15) is 23.7 Å². The fraction of sp³-hybridized carbons (Fsp3) is 0.348. The minimum absolute atomic E-state index is 0.309. The molecule has 0 spiro atoms. The van der Waals surface area contributed by atoms with Crippen molar-refractivity contribution in [1.82, 2.24) is 19.5 Å². The summed E-state index contributed by atoms with van der Waals surface area (Å²) < 4.78 is 12.7. The van der Waals surface area contributed by atoms with E-state index in [-0.39, 0.29) is 0 Å². The van der Waals surface area contributed by atoms with Crippen LogP contribution >= 0.6 is 0 Å². The first-order valence-electron chi connectivity index (χ1n) is 10.2. The standard InChI is InChI=1S/C23H27N5O2/c1-15(2)28-21-13-19-18(12-20(21)27-22(28)6-5-11-29-3)23(25-14-24-19)26-16-7-9-17(30-4)10-8-16/h7-10,12-15H,5-6,11H2,1-4H3,(H,24,25,26). The molecule has 0 saturated carbocycles. The summed E-state index contributed by atoms with van der Waals surface area (Å²) in [5, 5.41) is 4.33. The second kappa shape index (κ2) is 8.67. The number of ether oxygens (including phenoxy) is 2. The summed E-state index contributed by atoms with van der Waals surface area (Å²) in [5.74, 6) is 2.65. The number of nitrogens with one attached hydrogen (secondary N) is 1. The third kappa shape index (κ3) is 3.93. The molecule has 30 heavy (non-hydrogen) atoms. The topological polar surface area (TPSA) is 74.1 Å². The molecule has 0 aliphatic heterocycles. The molecule has 156 valence electrons. The van der Waals surface area contributed by atoms with Gasteiger partial charge in [-0.15, -0.1) is 0 Å². The monoisotopic (exact) mass is 405 g/mol. The van der Waals surface area contributed by atoms with Crippen molar-refractivity contribution in [2.75, 3.05) is 26.1 Å². The molecule has 2 heterocycles. The van der Waals surface area contributed by atoms with Crippen molar-refractivity contribution >= 4 is 33.4 Å². The fourth-order valence-corrected chi connectivity index (χ4v) is 3.73. The summed E-state index contributed by atoms with van der Waals surface area (Å²) in [7, 11) is 3.39. The van der Waals surface area contributed by atoms with Gasteiger partial charge in [0.2, 0.25) is 0 Å².